The predicted molar refractivity (Wildman–Crippen MR) is 220 cm³/mol. The second kappa shape index (κ2) is 23.4. The Hall–Kier alpha value is -3.76. The Morgan fingerprint density at radius 3 is 1.48 bits per heavy atom. The van der Waals surface area contributed by atoms with Gasteiger partial charge in [0.05, 0.1) is 16.7 Å². The first-order valence-electron chi connectivity index (χ1n) is 20.6. The molecule has 3 saturated heterocycles. The molecular formula is C43H52F9LiN6O3S. The second-order valence-electron chi connectivity index (χ2n) is 15.5. The zero-order valence-electron chi connectivity index (χ0n) is 35.4. The van der Waals surface area contributed by atoms with Gasteiger partial charge in [-0.05, 0) is 118 Å². The monoisotopic (exact) mass is 910 g/mol. The number of likely N-dealkylation sites (tertiary alicyclic amines) is 1. The zero-order valence-corrected chi connectivity index (χ0v) is 36.2. The summed E-state index contributed by atoms with van der Waals surface area (Å²) in [6.07, 6.45) is -8.33. The van der Waals surface area contributed by atoms with Crippen LogP contribution in [0.3, 0.4) is 0 Å². The minimum Gasteiger partial charge on any atom is -0.550 e. The van der Waals surface area contributed by atoms with Gasteiger partial charge in [-0.15, -0.1) is 11.8 Å². The van der Waals surface area contributed by atoms with E-state index in [9.17, 15) is 54.2 Å². The molecule has 1 amide bonds. The topological polar surface area (TPSA) is 85.4 Å². The number of thioether (sulfide) groups is 1. The first-order valence-corrected chi connectivity index (χ1v) is 21.8. The smallest absolute Gasteiger partial charge is 0.550 e. The van der Waals surface area contributed by atoms with Crippen molar-refractivity contribution in [1.29, 1.82) is 0 Å². The molecule has 20 heteroatoms. The molecule has 3 aliphatic heterocycles. The van der Waals surface area contributed by atoms with Crippen LogP contribution >= 0.6 is 11.8 Å². The number of piperazine rings is 2. The molecule has 3 aromatic carbocycles. The summed E-state index contributed by atoms with van der Waals surface area (Å²) >= 11 is 1.07. The molecule has 0 aromatic heterocycles. The van der Waals surface area contributed by atoms with Gasteiger partial charge in [-0.3, -0.25) is 14.6 Å². The number of carbonyl (C=O) groups excluding carboxylic acids is 2. The summed E-state index contributed by atoms with van der Waals surface area (Å²) < 4.78 is 116. The van der Waals surface area contributed by atoms with Gasteiger partial charge in [-0.2, -0.15) is 39.5 Å². The van der Waals surface area contributed by atoms with E-state index in [1.54, 1.807) is 12.3 Å². The van der Waals surface area contributed by atoms with Crippen LogP contribution in [-0.4, -0.2) is 117 Å². The summed E-state index contributed by atoms with van der Waals surface area (Å²) in [6.45, 7) is 8.58. The number of alkyl halides is 9. The third kappa shape index (κ3) is 16.0. The Kier molecular flexibility index (Phi) is 19.3. The average molecular weight is 911 g/mol. The molecule has 0 saturated carbocycles. The first-order chi connectivity index (χ1) is 29.3. The number of piperidine rings is 1. The number of amides is 1. The van der Waals surface area contributed by atoms with E-state index in [0.717, 1.165) is 106 Å². The van der Waals surface area contributed by atoms with E-state index in [0.29, 0.717) is 64.1 Å². The van der Waals surface area contributed by atoms with Crippen molar-refractivity contribution in [2.45, 2.75) is 68.0 Å². The zero-order chi connectivity index (χ0) is 45.1. The Balaban J connectivity index is 0.000000321. The van der Waals surface area contributed by atoms with Crippen molar-refractivity contribution in [3.63, 3.8) is 0 Å². The van der Waals surface area contributed by atoms with Crippen molar-refractivity contribution in [3.8, 4) is 0 Å². The fourth-order valence-electron chi connectivity index (χ4n) is 7.77. The average Bonchev–Trinajstić information content (AvgIpc) is 3.24. The van der Waals surface area contributed by atoms with Crippen LogP contribution in [0.2, 0.25) is 0 Å². The maximum absolute atomic E-state index is 13.4. The standard InChI is InChI=1S/C28H34F6N4OS.C15H19F3N2O2.Li/c1-40-25-9-6-22(19-24(25)28(32,33)34)35-21-10-13-38(14-11-21)26(39)3-2-12-36-15-17-37(18-16-36)23-7-4-20(5-8-23)27(29,30)31;16-15(17,18)12-3-5-13(6-4-12)20-10-8-19(9-11-20)7-1-2-14(21)22;/h4-9,19,21,35H,2-3,10-18H2,1H3;3-6H,1-2,7-11H2,(H,21,22);/q;;+1/p-1. The number of anilines is 3. The number of nitrogens with zero attached hydrogens (tertiary/aromatic N) is 5. The van der Waals surface area contributed by atoms with Gasteiger partial charge in [0.25, 0.3) is 0 Å². The predicted octanol–water partition coefficient (Wildman–Crippen LogP) is 4.81. The van der Waals surface area contributed by atoms with Crippen molar-refractivity contribution in [2.24, 2.45) is 0 Å². The van der Waals surface area contributed by atoms with Crippen molar-refractivity contribution in [1.82, 2.24) is 14.7 Å². The van der Waals surface area contributed by atoms with Crippen LogP contribution in [0.15, 0.2) is 71.6 Å². The van der Waals surface area contributed by atoms with Crippen LogP contribution in [0.25, 0.3) is 0 Å². The Morgan fingerprint density at radius 2 is 1.08 bits per heavy atom. The van der Waals surface area contributed by atoms with Gasteiger partial charge >= 0.3 is 37.4 Å². The number of nitrogens with one attached hydrogen (secondary N) is 1. The van der Waals surface area contributed by atoms with Gasteiger partial charge in [0, 0.05) is 106 Å². The van der Waals surface area contributed by atoms with E-state index >= 15 is 0 Å². The maximum atomic E-state index is 13.4. The van der Waals surface area contributed by atoms with Gasteiger partial charge in [-0.25, -0.2) is 0 Å². The molecule has 9 nitrogen and oxygen atoms in total. The number of benzene rings is 3. The Morgan fingerprint density at radius 1 is 0.635 bits per heavy atom. The number of carbonyl (C=O) groups is 2. The number of aliphatic carboxylic acids is 1. The van der Waals surface area contributed by atoms with Gasteiger partial charge in [0.15, 0.2) is 0 Å². The van der Waals surface area contributed by atoms with Crippen LogP contribution in [0.1, 0.15) is 55.2 Å². The molecule has 0 aliphatic carbocycles. The summed E-state index contributed by atoms with van der Waals surface area (Å²) in [6, 6.07) is 14.8. The van der Waals surface area contributed by atoms with E-state index in [1.165, 1.54) is 30.3 Å². The molecule has 0 spiro atoms. The summed E-state index contributed by atoms with van der Waals surface area (Å²) in [7, 11) is 0. The molecule has 6 rings (SSSR count). The number of rotatable bonds is 13. The van der Waals surface area contributed by atoms with Crippen LogP contribution in [-0.2, 0) is 28.1 Å². The number of hydrogen-bond donors (Lipinski definition) is 1. The molecule has 0 atom stereocenters. The second-order valence-corrected chi connectivity index (χ2v) is 16.4. The summed E-state index contributed by atoms with van der Waals surface area (Å²) in [5.41, 5.74) is 0.0607. The minimum atomic E-state index is -4.41. The van der Waals surface area contributed by atoms with Gasteiger partial charge in [0.1, 0.15) is 0 Å². The van der Waals surface area contributed by atoms with Crippen LogP contribution < -0.4 is 39.1 Å². The molecule has 0 radical (unpaired) electrons. The van der Waals surface area contributed by atoms with E-state index in [4.69, 9.17) is 0 Å². The Bertz CT molecular complexity index is 1880. The van der Waals surface area contributed by atoms with Crippen LogP contribution in [0.4, 0.5) is 56.6 Å². The molecule has 342 valence electrons. The number of halogens is 9. The van der Waals surface area contributed by atoms with Crippen molar-refractivity contribution in [3.05, 3.63) is 83.4 Å². The van der Waals surface area contributed by atoms with Crippen molar-refractivity contribution in [2.75, 3.05) is 99.9 Å². The quantitative estimate of drug-likeness (QED) is 0.148. The fourth-order valence-corrected chi connectivity index (χ4v) is 8.37. The van der Waals surface area contributed by atoms with Gasteiger partial charge in [-0.1, -0.05) is 0 Å². The molecule has 1 N–H and O–H groups in total. The van der Waals surface area contributed by atoms with E-state index in [-0.39, 0.29) is 42.1 Å². The molecule has 3 fully saturated rings. The van der Waals surface area contributed by atoms with Crippen molar-refractivity contribution >= 4 is 40.7 Å². The van der Waals surface area contributed by atoms with E-state index < -0.39 is 41.2 Å². The molecule has 0 bridgehead atoms. The summed E-state index contributed by atoms with van der Waals surface area (Å²) in [4.78, 5) is 33.7. The Labute approximate surface area is 378 Å². The minimum absolute atomic E-state index is 0. The molecule has 63 heavy (non-hydrogen) atoms. The fraction of sp³-hybridized carbons (Fsp3) is 0.535. The van der Waals surface area contributed by atoms with Gasteiger partial charge < -0.3 is 29.9 Å². The summed E-state index contributed by atoms with van der Waals surface area (Å²) in [5, 5.41) is 13.6. The largest absolute Gasteiger partial charge is 1.00 e. The number of carboxylic acids is 1. The van der Waals surface area contributed by atoms with E-state index in [2.05, 4.69) is 20.0 Å². The molecule has 3 aromatic rings. The summed E-state index contributed by atoms with van der Waals surface area (Å²) in [5.74, 6) is -0.950. The van der Waals surface area contributed by atoms with Crippen LogP contribution in [0.5, 0.6) is 0 Å². The normalized spacial score (nSPS) is 17.1. The van der Waals surface area contributed by atoms with Crippen LogP contribution in [0, 0.1) is 0 Å². The third-order valence-electron chi connectivity index (χ3n) is 11.3. The maximum Gasteiger partial charge on any atom is 1.00 e. The first kappa shape index (κ1) is 51.9. The molecule has 3 heterocycles. The molecule has 3 aliphatic rings. The van der Waals surface area contributed by atoms with E-state index in [1.807, 2.05) is 9.80 Å². The molecular weight excluding hydrogens is 859 g/mol. The van der Waals surface area contributed by atoms with Gasteiger partial charge in [0.2, 0.25) is 5.91 Å². The van der Waals surface area contributed by atoms with Crippen molar-refractivity contribution < 1.29 is 73.1 Å². The number of hydrogen-bond acceptors (Lipinski definition) is 9. The molecule has 0 unspecified atom stereocenters. The number of carboxylic acid groups (broad SMARTS) is 1. The third-order valence-corrected chi connectivity index (χ3v) is 12.1. The SMILES string of the molecule is CSc1ccc(NC2CCN(C(=O)CCCN3CCN(c4ccc(C(F)(F)F)cc4)CC3)CC2)cc1C(F)(F)F.O=C([O-])CCCN1CCN(c2ccc(C(F)(F)F)cc2)CC1.[Li+].